The van der Waals surface area contributed by atoms with Crippen LogP contribution in [0, 0.1) is 17.2 Å². The van der Waals surface area contributed by atoms with Gasteiger partial charge in [0, 0.05) is 0 Å². The smallest absolute Gasteiger partial charge is 0.0991 e. The first-order valence-electron chi connectivity index (χ1n) is 10.9. The van der Waals surface area contributed by atoms with Crippen molar-refractivity contribution in [2.24, 2.45) is 5.92 Å². The second-order valence-electron chi connectivity index (χ2n) is 8.58. The summed E-state index contributed by atoms with van der Waals surface area (Å²) in [6.07, 6.45) is 6.62. The Kier molecular flexibility index (Phi) is 6.11. The average molecular weight is 380 g/mol. The maximum absolute atomic E-state index is 8.95. The second kappa shape index (κ2) is 9.10. The standard InChI is InChI=1S/C28H29N/c1-21(24-5-3-2-4-6-24)19-22-7-11-25(12-8-22)27-15-17-28(18-16-27)26-13-9-23(20-29)10-14-26/h2-6,9-10,13-18,21-22,25H,7-8,11-12,19H2,1H3/t21-,22?,25?/m1/s1. The minimum atomic E-state index is 0.657. The number of hydrogen-bond donors (Lipinski definition) is 0. The summed E-state index contributed by atoms with van der Waals surface area (Å²) in [5.74, 6) is 2.22. The molecule has 0 bridgehead atoms. The van der Waals surface area contributed by atoms with Crippen LogP contribution < -0.4 is 0 Å². The zero-order chi connectivity index (χ0) is 20.1. The van der Waals surface area contributed by atoms with Crippen molar-refractivity contribution in [2.75, 3.05) is 0 Å². The molecule has 1 nitrogen and oxygen atoms in total. The van der Waals surface area contributed by atoms with E-state index in [4.69, 9.17) is 5.26 Å². The fourth-order valence-electron chi connectivity index (χ4n) is 4.83. The van der Waals surface area contributed by atoms with E-state index in [1.807, 2.05) is 24.3 Å². The maximum Gasteiger partial charge on any atom is 0.0991 e. The van der Waals surface area contributed by atoms with Gasteiger partial charge in [-0.05, 0) is 84.2 Å². The van der Waals surface area contributed by atoms with Crippen LogP contribution in [0.4, 0.5) is 0 Å². The highest BCUT2D eigenvalue weighted by Crippen LogP contribution is 2.40. The third-order valence-electron chi connectivity index (χ3n) is 6.63. The third-order valence-corrected chi connectivity index (χ3v) is 6.63. The summed E-state index contributed by atoms with van der Waals surface area (Å²) >= 11 is 0. The molecule has 0 radical (unpaired) electrons. The minimum absolute atomic E-state index is 0.657. The van der Waals surface area contributed by atoms with E-state index < -0.39 is 0 Å². The van der Waals surface area contributed by atoms with E-state index >= 15 is 0 Å². The highest BCUT2D eigenvalue weighted by molar-refractivity contribution is 5.64. The molecular weight excluding hydrogens is 350 g/mol. The summed E-state index contributed by atoms with van der Waals surface area (Å²) in [5.41, 5.74) is 6.08. The minimum Gasteiger partial charge on any atom is -0.192 e. The van der Waals surface area contributed by atoms with Crippen LogP contribution in [0.5, 0.6) is 0 Å². The van der Waals surface area contributed by atoms with Crippen LogP contribution in [0.1, 0.15) is 67.6 Å². The molecule has 0 saturated heterocycles. The fourth-order valence-corrected chi connectivity index (χ4v) is 4.83. The van der Waals surface area contributed by atoms with Crippen molar-refractivity contribution in [1.82, 2.24) is 0 Å². The number of benzene rings is 3. The monoisotopic (exact) mass is 379 g/mol. The van der Waals surface area contributed by atoms with Gasteiger partial charge < -0.3 is 0 Å². The van der Waals surface area contributed by atoms with E-state index in [9.17, 15) is 0 Å². The summed E-state index contributed by atoms with van der Waals surface area (Å²) in [6.45, 7) is 2.38. The summed E-state index contributed by atoms with van der Waals surface area (Å²) in [7, 11) is 0. The van der Waals surface area contributed by atoms with Gasteiger partial charge in [0.2, 0.25) is 0 Å². The Hall–Kier alpha value is -2.85. The van der Waals surface area contributed by atoms with Crippen LogP contribution in [0.15, 0.2) is 78.9 Å². The average Bonchev–Trinajstić information content (AvgIpc) is 2.80. The topological polar surface area (TPSA) is 23.8 Å². The van der Waals surface area contributed by atoms with Gasteiger partial charge >= 0.3 is 0 Å². The summed E-state index contributed by atoms with van der Waals surface area (Å²) in [6, 6.07) is 30.1. The zero-order valence-corrected chi connectivity index (χ0v) is 17.2. The lowest BCUT2D eigenvalue weighted by Gasteiger charge is -2.30. The molecule has 1 atom stereocenters. The first-order chi connectivity index (χ1) is 14.2. The first-order valence-corrected chi connectivity index (χ1v) is 10.9. The van der Waals surface area contributed by atoms with Crippen LogP contribution in [0.3, 0.4) is 0 Å². The van der Waals surface area contributed by atoms with Crippen LogP contribution in [0.2, 0.25) is 0 Å². The number of nitrogens with zero attached hydrogens (tertiary/aromatic N) is 1. The van der Waals surface area contributed by atoms with Crippen molar-refractivity contribution < 1.29 is 0 Å². The molecule has 0 heterocycles. The Balaban J connectivity index is 1.33. The molecule has 29 heavy (non-hydrogen) atoms. The highest BCUT2D eigenvalue weighted by atomic mass is 14.3. The Labute approximate surface area is 175 Å². The Morgan fingerprint density at radius 1 is 0.793 bits per heavy atom. The van der Waals surface area contributed by atoms with Gasteiger partial charge in [0.25, 0.3) is 0 Å². The summed E-state index contributed by atoms with van der Waals surface area (Å²) in [5, 5.41) is 8.95. The van der Waals surface area contributed by atoms with Crippen molar-refractivity contribution in [2.45, 2.75) is 50.9 Å². The van der Waals surface area contributed by atoms with Crippen molar-refractivity contribution in [3.63, 3.8) is 0 Å². The van der Waals surface area contributed by atoms with Crippen molar-refractivity contribution in [3.8, 4) is 17.2 Å². The molecule has 0 amide bonds. The lowest BCUT2D eigenvalue weighted by molar-refractivity contribution is 0.297. The van der Waals surface area contributed by atoms with E-state index in [0.717, 1.165) is 5.92 Å². The molecule has 0 aliphatic heterocycles. The van der Waals surface area contributed by atoms with Crippen LogP contribution in [-0.2, 0) is 0 Å². The predicted molar refractivity (Wildman–Crippen MR) is 121 cm³/mol. The van der Waals surface area contributed by atoms with Crippen LogP contribution in [0.25, 0.3) is 11.1 Å². The highest BCUT2D eigenvalue weighted by Gasteiger charge is 2.24. The van der Waals surface area contributed by atoms with Gasteiger partial charge in [-0.2, -0.15) is 5.26 Å². The van der Waals surface area contributed by atoms with Crippen molar-refractivity contribution in [1.29, 1.82) is 5.26 Å². The molecule has 3 aromatic carbocycles. The molecular formula is C28H29N. The predicted octanol–water partition coefficient (Wildman–Crippen LogP) is 7.69. The molecule has 1 aliphatic rings. The van der Waals surface area contributed by atoms with Crippen molar-refractivity contribution >= 4 is 0 Å². The second-order valence-corrected chi connectivity index (χ2v) is 8.58. The quantitative estimate of drug-likeness (QED) is 0.445. The Morgan fingerprint density at radius 3 is 1.97 bits per heavy atom. The molecule has 0 N–H and O–H groups in total. The van der Waals surface area contributed by atoms with E-state index in [1.54, 1.807) is 0 Å². The van der Waals surface area contributed by atoms with Crippen LogP contribution >= 0.6 is 0 Å². The lowest BCUT2D eigenvalue weighted by Crippen LogP contribution is -2.15. The summed E-state index contributed by atoms with van der Waals surface area (Å²) in [4.78, 5) is 0. The number of hydrogen-bond acceptors (Lipinski definition) is 1. The third kappa shape index (κ3) is 4.77. The normalized spacial score (nSPS) is 20.0. The van der Waals surface area contributed by atoms with Crippen LogP contribution in [-0.4, -0.2) is 0 Å². The molecule has 3 aromatic rings. The molecule has 1 heteroatoms. The summed E-state index contributed by atoms with van der Waals surface area (Å²) < 4.78 is 0. The van der Waals surface area contributed by atoms with Gasteiger partial charge in [0.05, 0.1) is 11.6 Å². The van der Waals surface area contributed by atoms with Gasteiger partial charge in [0.1, 0.15) is 0 Å². The molecule has 1 fully saturated rings. The van der Waals surface area contributed by atoms with Gasteiger partial charge in [-0.15, -0.1) is 0 Å². The van der Waals surface area contributed by atoms with Gasteiger partial charge in [-0.25, -0.2) is 0 Å². The Bertz CT molecular complexity index is 940. The molecule has 146 valence electrons. The SMILES string of the molecule is C[C@H](CC1CCC(c2ccc(-c3ccc(C#N)cc3)cc2)CC1)c1ccccc1. The van der Waals surface area contributed by atoms with Gasteiger partial charge in [-0.3, -0.25) is 0 Å². The number of nitriles is 1. The van der Waals surface area contributed by atoms with Gasteiger partial charge in [0.15, 0.2) is 0 Å². The largest absolute Gasteiger partial charge is 0.192 e. The van der Waals surface area contributed by atoms with E-state index in [-0.39, 0.29) is 0 Å². The molecule has 4 rings (SSSR count). The van der Waals surface area contributed by atoms with E-state index in [2.05, 4.69) is 67.6 Å². The lowest BCUT2D eigenvalue weighted by atomic mass is 9.75. The first kappa shape index (κ1) is 19.5. The fraction of sp³-hybridized carbons (Fsp3) is 0.321. The molecule has 1 saturated carbocycles. The van der Waals surface area contributed by atoms with Gasteiger partial charge in [-0.1, -0.05) is 73.7 Å². The Morgan fingerprint density at radius 2 is 1.38 bits per heavy atom. The molecule has 0 aromatic heterocycles. The van der Waals surface area contributed by atoms with Crippen molar-refractivity contribution in [3.05, 3.63) is 95.6 Å². The van der Waals surface area contributed by atoms with E-state index in [0.29, 0.717) is 17.4 Å². The van der Waals surface area contributed by atoms with E-state index in [1.165, 1.54) is 54.4 Å². The maximum atomic E-state index is 8.95. The molecule has 0 spiro atoms. The molecule has 0 unspecified atom stereocenters. The molecule has 1 aliphatic carbocycles. The zero-order valence-electron chi connectivity index (χ0n) is 17.2. The number of rotatable bonds is 5.